The van der Waals surface area contributed by atoms with Gasteiger partial charge in [0.2, 0.25) is 0 Å². The Hall–Kier alpha value is -2.35. The van der Waals surface area contributed by atoms with E-state index >= 15 is 0 Å². The Bertz CT molecular complexity index is 969. The maximum Gasteiger partial charge on any atom is 0.255 e. The number of hydrogen-bond acceptors (Lipinski definition) is 4. The molecule has 3 aromatic rings. The summed E-state index contributed by atoms with van der Waals surface area (Å²) in [5.41, 5.74) is -0.636. The molecule has 5 nitrogen and oxygen atoms in total. The summed E-state index contributed by atoms with van der Waals surface area (Å²) in [6.45, 7) is 0. The molecule has 0 unspecified atom stereocenters. The molecule has 1 fully saturated rings. The summed E-state index contributed by atoms with van der Waals surface area (Å²) in [7, 11) is 0. The Morgan fingerprint density at radius 3 is 2.54 bits per heavy atom. The van der Waals surface area contributed by atoms with Gasteiger partial charge in [0.1, 0.15) is 23.1 Å². The molecule has 0 amide bonds. The van der Waals surface area contributed by atoms with E-state index in [0.717, 1.165) is 44.2 Å². The van der Waals surface area contributed by atoms with Crippen LogP contribution in [0, 0.1) is 17.5 Å². The molecule has 1 aliphatic carbocycles. The lowest BCUT2D eigenvalue weighted by Crippen LogP contribution is -2.24. The van der Waals surface area contributed by atoms with Gasteiger partial charge in [-0.05, 0) is 25.0 Å². The molecule has 0 aliphatic heterocycles. The second kappa shape index (κ2) is 6.75. The summed E-state index contributed by atoms with van der Waals surface area (Å²) in [5, 5.41) is 7.17. The quantitative estimate of drug-likeness (QED) is 0.532. The molecule has 0 spiro atoms. The van der Waals surface area contributed by atoms with Crippen LogP contribution in [0.25, 0.3) is 16.9 Å². The first-order valence-electron chi connectivity index (χ1n) is 8.36. The first-order valence-corrected chi connectivity index (χ1v) is 8.73. The van der Waals surface area contributed by atoms with Crippen molar-refractivity contribution in [3.05, 3.63) is 41.1 Å². The third-order valence-electron chi connectivity index (χ3n) is 4.62. The molecule has 1 aromatic carbocycles. The van der Waals surface area contributed by atoms with Crippen LogP contribution in [0.3, 0.4) is 0 Å². The Morgan fingerprint density at radius 1 is 1.04 bits per heavy atom. The zero-order valence-corrected chi connectivity index (χ0v) is 14.4. The monoisotopic (exact) mass is 381 g/mol. The minimum absolute atomic E-state index is 0.0651. The molecule has 0 bridgehead atoms. The zero-order chi connectivity index (χ0) is 18.3. The lowest BCUT2D eigenvalue weighted by Gasteiger charge is -2.25. The maximum atomic E-state index is 14.4. The van der Waals surface area contributed by atoms with E-state index in [4.69, 9.17) is 11.6 Å². The Labute approximate surface area is 152 Å². The number of fused-ring (bicyclic) bond motifs is 1. The van der Waals surface area contributed by atoms with Gasteiger partial charge < -0.3 is 5.32 Å². The van der Waals surface area contributed by atoms with Crippen LogP contribution in [0.1, 0.15) is 32.1 Å². The van der Waals surface area contributed by atoms with Gasteiger partial charge in [0.15, 0.2) is 11.6 Å². The summed E-state index contributed by atoms with van der Waals surface area (Å²) in [5.74, 6) is -2.97. The molecule has 0 radical (unpaired) electrons. The summed E-state index contributed by atoms with van der Waals surface area (Å²) in [6.07, 6.45) is 6.33. The van der Waals surface area contributed by atoms with E-state index in [1.54, 1.807) is 0 Å². The molecule has 136 valence electrons. The summed E-state index contributed by atoms with van der Waals surface area (Å²) >= 11 is 6.23. The summed E-state index contributed by atoms with van der Waals surface area (Å²) < 4.78 is 43.9. The van der Waals surface area contributed by atoms with Crippen LogP contribution in [0.15, 0.2) is 18.5 Å². The fourth-order valence-corrected chi connectivity index (χ4v) is 3.63. The highest BCUT2D eigenvalue weighted by molar-refractivity contribution is 6.33. The lowest BCUT2D eigenvalue weighted by molar-refractivity contribution is 0.461. The number of aromatic nitrogens is 4. The van der Waals surface area contributed by atoms with Gasteiger partial charge in [-0.2, -0.15) is 19.6 Å². The van der Waals surface area contributed by atoms with Crippen molar-refractivity contribution in [3.63, 3.8) is 0 Å². The fourth-order valence-electron chi connectivity index (χ4n) is 3.37. The average Bonchev–Trinajstić information content (AvgIpc) is 3.09. The number of benzene rings is 1. The number of rotatable bonds is 3. The Balaban J connectivity index is 1.95. The molecule has 1 aliphatic rings. The Morgan fingerprint density at radius 2 is 1.77 bits per heavy atom. The van der Waals surface area contributed by atoms with E-state index in [-0.39, 0.29) is 28.4 Å². The predicted octanol–water partition coefficient (Wildman–Crippen LogP) is 4.61. The van der Waals surface area contributed by atoms with Crippen LogP contribution in [0.2, 0.25) is 5.15 Å². The van der Waals surface area contributed by atoms with Crippen LogP contribution in [0.5, 0.6) is 0 Å². The van der Waals surface area contributed by atoms with E-state index in [1.165, 1.54) is 10.8 Å². The number of nitrogens with one attached hydrogen (secondary N) is 1. The average molecular weight is 382 g/mol. The maximum absolute atomic E-state index is 14.4. The molecule has 26 heavy (non-hydrogen) atoms. The van der Waals surface area contributed by atoms with E-state index < -0.39 is 23.0 Å². The molecular weight excluding hydrogens is 367 g/mol. The van der Waals surface area contributed by atoms with Gasteiger partial charge in [-0.1, -0.05) is 30.9 Å². The summed E-state index contributed by atoms with van der Waals surface area (Å²) in [4.78, 5) is 8.02. The molecule has 0 atom stereocenters. The zero-order valence-electron chi connectivity index (χ0n) is 13.6. The van der Waals surface area contributed by atoms with Gasteiger partial charge in [-0.15, -0.1) is 0 Å². The normalized spacial score (nSPS) is 15.5. The minimum atomic E-state index is -1.32. The number of anilines is 1. The van der Waals surface area contributed by atoms with Gasteiger partial charge >= 0.3 is 0 Å². The van der Waals surface area contributed by atoms with Crippen molar-refractivity contribution in [1.29, 1.82) is 0 Å². The van der Waals surface area contributed by atoms with E-state index in [1.807, 2.05) is 0 Å². The van der Waals surface area contributed by atoms with Gasteiger partial charge in [0.05, 0.1) is 11.1 Å². The predicted molar refractivity (Wildman–Crippen MR) is 91.6 cm³/mol. The van der Waals surface area contributed by atoms with Crippen LogP contribution in [0.4, 0.5) is 19.0 Å². The highest BCUT2D eigenvalue weighted by Crippen LogP contribution is 2.38. The van der Waals surface area contributed by atoms with Gasteiger partial charge in [0.25, 0.3) is 5.78 Å². The van der Waals surface area contributed by atoms with Crippen molar-refractivity contribution in [2.45, 2.75) is 38.1 Å². The van der Waals surface area contributed by atoms with Crippen LogP contribution in [-0.4, -0.2) is 25.6 Å². The first kappa shape index (κ1) is 17.1. The van der Waals surface area contributed by atoms with Gasteiger partial charge in [0, 0.05) is 6.04 Å². The smallest absolute Gasteiger partial charge is 0.255 e. The van der Waals surface area contributed by atoms with Crippen molar-refractivity contribution < 1.29 is 13.2 Å². The number of hydrogen-bond donors (Lipinski definition) is 1. The molecule has 4 rings (SSSR count). The standard InChI is InChI=1S/C17H15ClF3N5/c18-15-13(12-10(19)6-7-11(20)14(12)21)16(24-9-4-2-1-3-5-9)26-17(25-15)22-8-23-26/h6-9,24H,1-5H2. The summed E-state index contributed by atoms with van der Waals surface area (Å²) in [6, 6.07) is 1.69. The van der Waals surface area contributed by atoms with Gasteiger partial charge in [-0.25, -0.2) is 13.2 Å². The minimum Gasteiger partial charge on any atom is -0.367 e. The third-order valence-corrected chi connectivity index (χ3v) is 4.90. The van der Waals surface area contributed by atoms with E-state index in [9.17, 15) is 13.2 Å². The number of nitrogens with zero attached hydrogens (tertiary/aromatic N) is 4. The molecule has 0 saturated heterocycles. The van der Waals surface area contributed by atoms with Crippen LogP contribution >= 0.6 is 11.6 Å². The first-order chi connectivity index (χ1) is 12.6. The molecule has 1 N–H and O–H groups in total. The third kappa shape index (κ3) is 2.88. The molecule has 9 heteroatoms. The highest BCUT2D eigenvalue weighted by atomic mass is 35.5. The van der Waals surface area contributed by atoms with Crippen molar-refractivity contribution in [2.24, 2.45) is 0 Å². The van der Waals surface area contributed by atoms with Gasteiger partial charge in [-0.3, -0.25) is 0 Å². The molecule has 2 heterocycles. The topological polar surface area (TPSA) is 55.1 Å². The van der Waals surface area contributed by atoms with E-state index in [0.29, 0.717) is 0 Å². The molecule has 1 saturated carbocycles. The largest absolute Gasteiger partial charge is 0.367 e. The van der Waals surface area contributed by atoms with Crippen LogP contribution in [-0.2, 0) is 0 Å². The molecule has 2 aromatic heterocycles. The number of halogens is 4. The second-order valence-electron chi connectivity index (χ2n) is 6.30. The van der Waals surface area contributed by atoms with Crippen molar-refractivity contribution in [2.75, 3.05) is 5.32 Å². The molecular formula is C17H15ClF3N5. The second-order valence-corrected chi connectivity index (χ2v) is 6.65. The highest BCUT2D eigenvalue weighted by Gasteiger charge is 2.26. The van der Waals surface area contributed by atoms with Crippen molar-refractivity contribution >= 4 is 23.2 Å². The van der Waals surface area contributed by atoms with Crippen LogP contribution < -0.4 is 5.32 Å². The SMILES string of the molecule is Fc1ccc(F)c(-c2c(Cl)nc3ncnn3c2NC2CCCCC2)c1F. The fraction of sp³-hybridized carbons (Fsp3) is 0.353. The van der Waals surface area contributed by atoms with Crippen molar-refractivity contribution in [1.82, 2.24) is 19.6 Å². The van der Waals surface area contributed by atoms with E-state index in [2.05, 4.69) is 20.4 Å². The van der Waals surface area contributed by atoms with Crippen molar-refractivity contribution in [3.8, 4) is 11.1 Å². The Kier molecular flexibility index (Phi) is 4.44. The lowest BCUT2D eigenvalue weighted by atomic mass is 9.95.